The van der Waals surface area contributed by atoms with Crippen molar-refractivity contribution in [1.29, 1.82) is 5.26 Å². The van der Waals surface area contributed by atoms with Gasteiger partial charge in [-0.05, 0) is 48.4 Å². The zero-order valence-electron chi connectivity index (χ0n) is 17.5. The van der Waals surface area contributed by atoms with E-state index in [-0.39, 0.29) is 11.8 Å². The summed E-state index contributed by atoms with van der Waals surface area (Å²) in [4.78, 5) is 11.2. The number of hydrogen-bond acceptors (Lipinski definition) is 5. The molecule has 0 unspecified atom stereocenters. The van der Waals surface area contributed by atoms with E-state index in [2.05, 4.69) is 16.9 Å². The van der Waals surface area contributed by atoms with Crippen molar-refractivity contribution in [2.45, 2.75) is 25.9 Å². The highest BCUT2D eigenvalue weighted by Crippen LogP contribution is 2.38. The second kappa shape index (κ2) is 9.04. The van der Waals surface area contributed by atoms with Gasteiger partial charge in [-0.25, -0.2) is 4.98 Å². The number of rotatable bonds is 6. The Hall–Kier alpha value is -3.60. The molecule has 31 heavy (non-hydrogen) atoms. The van der Waals surface area contributed by atoms with Crippen molar-refractivity contribution in [1.82, 2.24) is 9.97 Å². The second-order valence-electron chi connectivity index (χ2n) is 7.10. The summed E-state index contributed by atoms with van der Waals surface area (Å²) in [6.45, 7) is 2.07. The van der Waals surface area contributed by atoms with Crippen LogP contribution in [-0.4, -0.2) is 24.1 Å². The first-order valence-electron chi connectivity index (χ1n) is 9.75. The molecule has 0 saturated heterocycles. The molecule has 5 nitrogen and oxygen atoms in total. The summed E-state index contributed by atoms with van der Waals surface area (Å²) in [5.74, 6) is -0.122. The van der Waals surface area contributed by atoms with Gasteiger partial charge in [0.25, 0.3) is 0 Å². The number of alkyl halides is 3. The SMILES string of the molecule is CCCc1ccc(N(C)c2nc(N(C)c3ccc(C#N)cc3)ncc2C(F)(F)F)cc1. The third-order valence-electron chi connectivity index (χ3n) is 4.93. The Balaban J connectivity index is 2.01. The fourth-order valence-electron chi connectivity index (χ4n) is 3.15. The van der Waals surface area contributed by atoms with Crippen molar-refractivity contribution in [3.8, 4) is 6.07 Å². The first kappa shape index (κ1) is 22.1. The van der Waals surface area contributed by atoms with Gasteiger partial charge in [-0.3, -0.25) is 0 Å². The number of anilines is 4. The highest BCUT2D eigenvalue weighted by molar-refractivity contribution is 5.66. The van der Waals surface area contributed by atoms with Gasteiger partial charge in [0, 0.05) is 31.7 Å². The molecule has 0 atom stereocenters. The normalized spacial score (nSPS) is 11.1. The van der Waals surface area contributed by atoms with Gasteiger partial charge >= 0.3 is 6.18 Å². The lowest BCUT2D eigenvalue weighted by Crippen LogP contribution is -2.21. The van der Waals surface area contributed by atoms with Gasteiger partial charge in [0.15, 0.2) is 5.82 Å². The topological polar surface area (TPSA) is 56.1 Å². The zero-order valence-corrected chi connectivity index (χ0v) is 17.5. The molecule has 0 aliphatic rings. The third kappa shape index (κ3) is 4.94. The lowest BCUT2D eigenvalue weighted by atomic mass is 10.1. The first-order chi connectivity index (χ1) is 14.7. The van der Waals surface area contributed by atoms with Crippen LogP contribution in [0.15, 0.2) is 54.7 Å². The maximum absolute atomic E-state index is 13.7. The van der Waals surface area contributed by atoms with Crippen molar-refractivity contribution >= 4 is 23.1 Å². The van der Waals surface area contributed by atoms with Gasteiger partial charge in [0.1, 0.15) is 5.56 Å². The summed E-state index contributed by atoms with van der Waals surface area (Å²) in [6, 6.07) is 16.1. The lowest BCUT2D eigenvalue weighted by Gasteiger charge is -2.25. The summed E-state index contributed by atoms with van der Waals surface area (Å²) in [5.41, 5.74) is 1.94. The van der Waals surface area contributed by atoms with E-state index in [1.165, 1.54) is 4.90 Å². The van der Waals surface area contributed by atoms with E-state index >= 15 is 0 Å². The Morgan fingerprint density at radius 3 is 2.06 bits per heavy atom. The van der Waals surface area contributed by atoms with Crippen LogP contribution in [0.1, 0.15) is 30.0 Å². The van der Waals surface area contributed by atoms with Crippen molar-refractivity contribution in [3.05, 3.63) is 71.4 Å². The molecule has 0 aliphatic heterocycles. The van der Waals surface area contributed by atoms with E-state index in [4.69, 9.17) is 5.26 Å². The maximum atomic E-state index is 13.7. The minimum Gasteiger partial charge on any atom is -0.329 e. The van der Waals surface area contributed by atoms with Crippen molar-refractivity contribution in [2.75, 3.05) is 23.9 Å². The van der Waals surface area contributed by atoms with Crippen LogP contribution in [0.3, 0.4) is 0 Å². The molecule has 8 heteroatoms. The van der Waals surface area contributed by atoms with Crippen LogP contribution in [-0.2, 0) is 12.6 Å². The third-order valence-corrected chi connectivity index (χ3v) is 4.93. The number of nitrogens with zero attached hydrogens (tertiary/aromatic N) is 5. The van der Waals surface area contributed by atoms with Crippen LogP contribution in [0.2, 0.25) is 0 Å². The average molecular weight is 425 g/mol. The summed E-state index contributed by atoms with van der Waals surface area (Å²) in [6.07, 6.45) is -1.90. The fourth-order valence-corrected chi connectivity index (χ4v) is 3.15. The summed E-state index contributed by atoms with van der Waals surface area (Å²) < 4.78 is 41.0. The van der Waals surface area contributed by atoms with Crippen LogP contribution < -0.4 is 9.80 Å². The van der Waals surface area contributed by atoms with Gasteiger partial charge < -0.3 is 9.80 Å². The van der Waals surface area contributed by atoms with Gasteiger partial charge in [-0.2, -0.15) is 23.4 Å². The van der Waals surface area contributed by atoms with E-state index < -0.39 is 11.7 Å². The van der Waals surface area contributed by atoms with E-state index in [9.17, 15) is 13.2 Å². The molecule has 1 aromatic heterocycles. The van der Waals surface area contributed by atoms with Crippen molar-refractivity contribution < 1.29 is 13.2 Å². The molecule has 3 aromatic rings. The zero-order chi connectivity index (χ0) is 22.6. The molecule has 0 saturated carbocycles. The van der Waals surface area contributed by atoms with Crippen LogP contribution >= 0.6 is 0 Å². The average Bonchev–Trinajstić information content (AvgIpc) is 2.78. The van der Waals surface area contributed by atoms with Crippen molar-refractivity contribution in [2.24, 2.45) is 0 Å². The molecule has 0 amide bonds. The molecular weight excluding hydrogens is 403 g/mol. The monoisotopic (exact) mass is 425 g/mol. The van der Waals surface area contributed by atoms with E-state index in [1.54, 1.807) is 55.4 Å². The predicted octanol–water partition coefficient (Wildman–Crippen LogP) is 5.86. The van der Waals surface area contributed by atoms with E-state index in [0.29, 0.717) is 16.9 Å². The van der Waals surface area contributed by atoms with Crippen LogP contribution in [0, 0.1) is 11.3 Å². The number of aryl methyl sites for hydroxylation is 1. The summed E-state index contributed by atoms with van der Waals surface area (Å²) >= 11 is 0. The number of aromatic nitrogens is 2. The molecule has 0 spiro atoms. The summed E-state index contributed by atoms with van der Waals surface area (Å²) in [5, 5.41) is 8.94. The Morgan fingerprint density at radius 1 is 0.935 bits per heavy atom. The van der Waals surface area contributed by atoms with Crippen molar-refractivity contribution in [3.63, 3.8) is 0 Å². The van der Waals surface area contributed by atoms with Crippen LogP contribution in [0.5, 0.6) is 0 Å². The molecular formula is C23H22F3N5. The molecule has 0 N–H and O–H groups in total. The molecule has 0 bridgehead atoms. The smallest absolute Gasteiger partial charge is 0.329 e. The quantitative estimate of drug-likeness (QED) is 0.495. The van der Waals surface area contributed by atoms with Crippen LogP contribution in [0.25, 0.3) is 0 Å². The number of nitriles is 1. The highest BCUT2D eigenvalue weighted by Gasteiger charge is 2.37. The van der Waals surface area contributed by atoms with E-state index in [1.807, 2.05) is 18.2 Å². The molecule has 3 rings (SSSR count). The second-order valence-corrected chi connectivity index (χ2v) is 7.10. The standard InChI is InChI=1S/C23H22F3N5/c1-4-5-16-6-10-18(11-7-16)30(2)21-20(23(24,25)26)15-28-22(29-21)31(3)19-12-8-17(14-27)9-13-19/h6-13,15H,4-5H2,1-3H3. The number of benzene rings is 2. The van der Waals surface area contributed by atoms with E-state index in [0.717, 1.165) is 24.6 Å². The molecule has 0 radical (unpaired) electrons. The van der Waals surface area contributed by atoms with Crippen LogP contribution in [0.4, 0.5) is 36.3 Å². The van der Waals surface area contributed by atoms with Gasteiger partial charge in [-0.1, -0.05) is 25.5 Å². The van der Waals surface area contributed by atoms with Gasteiger partial charge in [0.2, 0.25) is 5.95 Å². The lowest BCUT2D eigenvalue weighted by molar-refractivity contribution is -0.137. The Bertz CT molecular complexity index is 1070. The minimum atomic E-state index is -4.60. The number of hydrogen-bond donors (Lipinski definition) is 0. The predicted molar refractivity (Wildman–Crippen MR) is 115 cm³/mol. The number of halogens is 3. The largest absolute Gasteiger partial charge is 0.421 e. The molecule has 1 heterocycles. The molecule has 2 aromatic carbocycles. The molecule has 0 fully saturated rings. The van der Waals surface area contributed by atoms with Gasteiger partial charge in [-0.15, -0.1) is 0 Å². The molecule has 0 aliphatic carbocycles. The minimum absolute atomic E-state index is 0.113. The Labute approximate surface area is 179 Å². The summed E-state index contributed by atoms with van der Waals surface area (Å²) in [7, 11) is 3.21. The fraction of sp³-hybridized carbons (Fsp3) is 0.261. The highest BCUT2D eigenvalue weighted by atomic mass is 19.4. The Morgan fingerprint density at radius 2 is 1.52 bits per heavy atom. The van der Waals surface area contributed by atoms with Gasteiger partial charge in [0.05, 0.1) is 11.6 Å². The maximum Gasteiger partial charge on any atom is 0.421 e. The Kier molecular flexibility index (Phi) is 6.44. The first-order valence-corrected chi connectivity index (χ1v) is 9.75. The molecule has 160 valence electrons.